The van der Waals surface area contributed by atoms with Crippen molar-refractivity contribution >= 4 is 0 Å². The highest BCUT2D eigenvalue weighted by Crippen LogP contribution is 2.69. The third-order valence-electron chi connectivity index (χ3n) is 3.95. The molecule has 5 atom stereocenters. The van der Waals surface area contributed by atoms with Gasteiger partial charge in [-0.15, -0.1) is 0 Å². The van der Waals surface area contributed by atoms with Crippen LogP contribution in [0.5, 0.6) is 0 Å². The van der Waals surface area contributed by atoms with Gasteiger partial charge in [-0.25, -0.2) is 0 Å². The molecule has 0 aromatic carbocycles. The van der Waals surface area contributed by atoms with Crippen LogP contribution in [0.1, 0.15) is 27.7 Å². The number of hydrogen-bond acceptors (Lipinski definition) is 0. The van der Waals surface area contributed by atoms with Crippen molar-refractivity contribution in [1.29, 1.82) is 0 Å². The Labute approximate surface area is 64.0 Å². The number of hydrogen-bond donors (Lipinski definition) is 0. The molecule has 0 amide bonds. The Balaban J connectivity index is 2.02. The van der Waals surface area contributed by atoms with E-state index in [-0.39, 0.29) is 0 Å². The summed E-state index contributed by atoms with van der Waals surface area (Å²) in [7, 11) is 0. The largest absolute Gasteiger partial charge is 0.0625 e. The van der Waals surface area contributed by atoms with Crippen LogP contribution in [-0.4, -0.2) is 0 Å². The highest BCUT2D eigenvalue weighted by molar-refractivity contribution is 5.12. The average Bonchev–Trinajstić information content (AvgIpc) is 2.34. The fourth-order valence-corrected chi connectivity index (χ4v) is 3.48. The molecule has 0 saturated heterocycles. The molecule has 2 aliphatic rings. The molecule has 0 heteroatoms. The van der Waals surface area contributed by atoms with Gasteiger partial charge in [-0.3, -0.25) is 0 Å². The Morgan fingerprint density at radius 3 is 1.70 bits per heavy atom. The Hall–Kier alpha value is 0. The first-order chi connectivity index (χ1) is 4.64. The van der Waals surface area contributed by atoms with Crippen molar-refractivity contribution in [3.63, 3.8) is 0 Å². The van der Waals surface area contributed by atoms with Crippen LogP contribution < -0.4 is 0 Å². The van der Waals surface area contributed by atoms with Crippen LogP contribution in [0.15, 0.2) is 0 Å². The van der Waals surface area contributed by atoms with E-state index in [0.29, 0.717) is 0 Å². The fraction of sp³-hybridized carbons (Fsp3) is 1.00. The molecule has 2 fully saturated rings. The van der Waals surface area contributed by atoms with Crippen molar-refractivity contribution < 1.29 is 0 Å². The topological polar surface area (TPSA) is 0 Å². The highest BCUT2D eigenvalue weighted by Gasteiger charge is 2.65. The maximum absolute atomic E-state index is 2.44. The van der Waals surface area contributed by atoms with E-state index in [2.05, 4.69) is 27.7 Å². The minimum absolute atomic E-state index is 0.932. The summed E-state index contributed by atoms with van der Waals surface area (Å²) in [5, 5.41) is 0. The smallest absolute Gasteiger partial charge is 0.0318 e. The lowest BCUT2D eigenvalue weighted by Crippen LogP contribution is -2.31. The summed E-state index contributed by atoms with van der Waals surface area (Å²) >= 11 is 0. The summed E-state index contributed by atoms with van der Waals surface area (Å²) in [6, 6.07) is 0. The summed E-state index contributed by atoms with van der Waals surface area (Å²) in [6.07, 6.45) is 0. The third kappa shape index (κ3) is 0.580. The predicted molar refractivity (Wildman–Crippen MR) is 43.6 cm³/mol. The zero-order chi connectivity index (χ0) is 7.46. The minimum atomic E-state index is 0.932. The lowest BCUT2D eigenvalue weighted by Gasteiger charge is -2.36. The SMILES string of the molecule is CC(C)C1C(C)C2C(C)C12. The Morgan fingerprint density at radius 1 is 0.900 bits per heavy atom. The maximum Gasteiger partial charge on any atom is -0.0318 e. The van der Waals surface area contributed by atoms with Crippen LogP contribution >= 0.6 is 0 Å². The van der Waals surface area contributed by atoms with Crippen LogP contribution in [0.2, 0.25) is 0 Å². The van der Waals surface area contributed by atoms with Gasteiger partial charge in [0.2, 0.25) is 0 Å². The molecule has 0 bridgehead atoms. The van der Waals surface area contributed by atoms with Crippen molar-refractivity contribution in [3.05, 3.63) is 0 Å². The van der Waals surface area contributed by atoms with Gasteiger partial charge in [-0.1, -0.05) is 27.7 Å². The first kappa shape index (κ1) is 6.69. The predicted octanol–water partition coefficient (Wildman–Crippen LogP) is 2.79. The maximum atomic E-state index is 2.44. The van der Waals surface area contributed by atoms with Gasteiger partial charge in [0.15, 0.2) is 0 Å². The molecule has 2 saturated carbocycles. The van der Waals surface area contributed by atoms with Crippen molar-refractivity contribution in [2.75, 3.05) is 0 Å². The molecule has 2 aliphatic carbocycles. The first-order valence-electron chi connectivity index (χ1n) is 4.64. The Bertz CT molecular complexity index is 142. The van der Waals surface area contributed by atoms with E-state index in [1.807, 2.05) is 0 Å². The molecule has 5 unspecified atom stereocenters. The van der Waals surface area contributed by atoms with Gasteiger partial charge in [0.25, 0.3) is 0 Å². The molecule has 0 radical (unpaired) electrons. The van der Waals surface area contributed by atoms with E-state index in [1.165, 1.54) is 0 Å². The van der Waals surface area contributed by atoms with Crippen LogP contribution in [0.3, 0.4) is 0 Å². The molecule has 0 aromatic heterocycles. The molecular weight excluding hydrogens is 120 g/mol. The summed E-state index contributed by atoms with van der Waals surface area (Å²) in [6.45, 7) is 9.62. The standard InChI is InChI=1S/C10H18/c1-5(2)8-6(3)9-7(4)10(8)9/h5-10H,1-4H3. The summed E-state index contributed by atoms with van der Waals surface area (Å²) in [5.41, 5.74) is 0. The number of fused-ring (bicyclic) bond motifs is 1. The van der Waals surface area contributed by atoms with E-state index in [0.717, 1.165) is 35.5 Å². The molecule has 0 N–H and O–H groups in total. The summed E-state index contributed by atoms with van der Waals surface area (Å²) in [4.78, 5) is 0. The van der Waals surface area contributed by atoms with Gasteiger partial charge in [-0.05, 0) is 35.5 Å². The second-order valence-corrected chi connectivity index (χ2v) is 4.69. The molecule has 10 heavy (non-hydrogen) atoms. The zero-order valence-electron chi connectivity index (χ0n) is 7.46. The van der Waals surface area contributed by atoms with E-state index in [9.17, 15) is 0 Å². The van der Waals surface area contributed by atoms with Crippen LogP contribution in [0.25, 0.3) is 0 Å². The third-order valence-corrected chi connectivity index (χ3v) is 3.95. The van der Waals surface area contributed by atoms with Crippen LogP contribution in [-0.2, 0) is 0 Å². The van der Waals surface area contributed by atoms with Gasteiger partial charge >= 0.3 is 0 Å². The van der Waals surface area contributed by atoms with Crippen LogP contribution in [0.4, 0.5) is 0 Å². The summed E-state index contributed by atoms with van der Waals surface area (Å²) in [5.74, 6) is 6.38. The Morgan fingerprint density at radius 2 is 1.50 bits per heavy atom. The second kappa shape index (κ2) is 1.78. The van der Waals surface area contributed by atoms with Crippen molar-refractivity contribution in [1.82, 2.24) is 0 Å². The molecule has 0 spiro atoms. The molecule has 0 aliphatic heterocycles. The van der Waals surface area contributed by atoms with Gasteiger partial charge in [0.1, 0.15) is 0 Å². The Kier molecular flexibility index (Phi) is 1.19. The van der Waals surface area contributed by atoms with Crippen LogP contribution in [0, 0.1) is 35.5 Å². The quantitative estimate of drug-likeness (QED) is 0.522. The fourth-order valence-electron chi connectivity index (χ4n) is 3.48. The zero-order valence-corrected chi connectivity index (χ0v) is 7.46. The van der Waals surface area contributed by atoms with Gasteiger partial charge < -0.3 is 0 Å². The van der Waals surface area contributed by atoms with E-state index in [1.54, 1.807) is 0 Å². The molecule has 0 heterocycles. The average molecular weight is 138 g/mol. The number of rotatable bonds is 1. The van der Waals surface area contributed by atoms with E-state index < -0.39 is 0 Å². The van der Waals surface area contributed by atoms with E-state index in [4.69, 9.17) is 0 Å². The second-order valence-electron chi connectivity index (χ2n) is 4.69. The monoisotopic (exact) mass is 138 g/mol. The van der Waals surface area contributed by atoms with Gasteiger partial charge in [0.05, 0.1) is 0 Å². The lowest BCUT2D eigenvalue weighted by atomic mass is 9.69. The highest BCUT2D eigenvalue weighted by atomic mass is 14.7. The molecule has 0 aromatic rings. The minimum Gasteiger partial charge on any atom is -0.0625 e. The molecule has 0 nitrogen and oxygen atoms in total. The molecule has 2 rings (SSSR count). The normalized spacial score (nSPS) is 57.9. The van der Waals surface area contributed by atoms with Crippen molar-refractivity contribution in [2.45, 2.75) is 27.7 Å². The van der Waals surface area contributed by atoms with Gasteiger partial charge in [-0.2, -0.15) is 0 Å². The first-order valence-corrected chi connectivity index (χ1v) is 4.64. The lowest BCUT2D eigenvalue weighted by molar-refractivity contribution is 0.119. The van der Waals surface area contributed by atoms with E-state index >= 15 is 0 Å². The summed E-state index contributed by atoms with van der Waals surface area (Å²) < 4.78 is 0. The van der Waals surface area contributed by atoms with Gasteiger partial charge in [0, 0.05) is 0 Å². The van der Waals surface area contributed by atoms with Crippen molar-refractivity contribution in [3.8, 4) is 0 Å². The molecular formula is C10H18. The molecule has 58 valence electrons. The van der Waals surface area contributed by atoms with Crippen molar-refractivity contribution in [2.24, 2.45) is 35.5 Å².